The van der Waals surface area contributed by atoms with E-state index in [0.717, 1.165) is 36.6 Å². The van der Waals surface area contributed by atoms with Gasteiger partial charge in [0, 0.05) is 25.3 Å². The van der Waals surface area contributed by atoms with E-state index in [4.69, 9.17) is 5.73 Å². The Kier molecular flexibility index (Phi) is 4.66. The van der Waals surface area contributed by atoms with Gasteiger partial charge in [0.05, 0.1) is 11.9 Å². The Morgan fingerprint density at radius 2 is 2.13 bits per heavy atom. The van der Waals surface area contributed by atoms with Gasteiger partial charge < -0.3 is 10.6 Å². The number of amides is 1. The van der Waals surface area contributed by atoms with Crippen molar-refractivity contribution in [3.63, 3.8) is 0 Å². The molecule has 5 nitrogen and oxygen atoms in total. The third-order valence-corrected chi connectivity index (χ3v) is 5.81. The van der Waals surface area contributed by atoms with Crippen molar-refractivity contribution in [2.75, 3.05) is 13.1 Å². The number of likely N-dealkylation sites (tertiary alicyclic amines) is 1. The number of hydrogen-bond donors (Lipinski definition) is 1. The highest BCUT2D eigenvalue weighted by molar-refractivity contribution is 7.16. The van der Waals surface area contributed by atoms with Crippen LogP contribution in [0.25, 0.3) is 10.7 Å². The van der Waals surface area contributed by atoms with E-state index in [1.807, 2.05) is 23.1 Å². The van der Waals surface area contributed by atoms with Crippen LogP contribution in [0.1, 0.15) is 22.5 Å². The topological polar surface area (TPSA) is 72.1 Å². The van der Waals surface area contributed by atoms with Gasteiger partial charge in [0.15, 0.2) is 0 Å². The molecule has 23 heavy (non-hydrogen) atoms. The molecule has 3 unspecified atom stereocenters. The summed E-state index contributed by atoms with van der Waals surface area (Å²) >= 11 is 1.41. The van der Waals surface area contributed by atoms with E-state index in [9.17, 15) is 4.79 Å². The lowest BCUT2D eigenvalue weighted by Gasteiger charge is -2.17. The Morgan fingerprint density at radius 1 is 1.26 bits per heavy atom. The number of thiazole rings is 1. The van der Waals surface area contributed by atoms with Gasteiger partial charge in [-0.1, -0.05) is 6.07 Å². The Balaban J connectivity index is 0.00000156. The van der Waals surface area contributed by atoms with Gasteiger partial charge in [-0.15, -0.1) is 23.7 Å². The molecule has 2 fully saturated rings. The minimum atomic E-state index is 0. The molecular formula is C16H19ClN4OS. The van der Waals surface area contributed by atoms with Gasteiger partial charge >= 0.3 is 0 Å². The van der Waals surface area contributed by atoms with Crippen LogP contribution in [0.2, 0.25) is 0 Å². The summed E-state index contributed by atoms with van der Waals surface area (Å²) in [4.78, 5) is 23.9. The first kappa shape index (κ1) is 16.4. The van der Waals surface area contributed by atoms with Gasteiger partial charge in [-0.3, -0.25) is 9.78 Å². The smallest absolute Gasteiger partial charge is 0.265 e. The number of carbonyl (C=O) groups excluding carboxylic acids is 1. The molecule has 0 spiro atoms. The van der Waals surface area contributed by atoms with Crippen molar-refractivity contribution >= 4 is 29.7 Å². The van der Waals surface area contributed by atoms with Gasteiger partial charge in [0.25, 0.3) is 5.91 Å². The first-order valence-corrected chi connectivity index (χ1v) is 8.46. The van der Waals surface area contributed by atoms with Crippen LogP contribution in [-0.2, 0) is 0 Å². The van der Waals surface area contributed by atoms with Crippen molar-refractivity contribution in [3.05, 3.63) is 35.5 Å². The van der Waals surface area contributed by atoms with Crippen LogP contribution in [0.3, 0.4) is 0 Å². The number of nitrogens with zero attached hydrogens (tertiary/aromatic N) is 3. The Morgan fingerprint density at radius 3 is 2.87 bits per heavy atom. The van der Waals surface area contributed by atoms with Crippen LogP contribution in [0.4, 0.5) is 0 Å². The van der Waals surface area contributed by atoms with Crippen LogP contribution in [-0.4, -0.2) is 39.9 Å². The molecule has 0 aromatic carbocycles. The summed E-state index contributed by atoms with van der Waals surface area (Å²) in [6, 6.07) is 5.96. The lowest BCUT2D eigenvalue weighted by atomic mass is 9.98. The second-order valence-electron chi connectivity index (χ2n) is 6.12. The summed E-state index contributed by atoms with van der Waals surface area (Å²) in [7, 11) is 0. The fraction of sp³-hybridized carbons (Fsp3) is 0.438. The normalized spacial score (nSPS) is 26.0. The molecule has 1 amide bonds. The maximum atomic E-state index is 12.7. The highest BCUT2D eigenvalue weighted by atomic mass is 35.5. The predicted octanol–water partition coefficient (Wildman–Crippen LogP) is 2.44. The number of pyridine rings is 1. The molecule has 1 aliphatic heterocycles. The van der Waals surface area contributed by atoms with Gasteiger partial charge in [0.1, 0.15) is 9.88 Å². The summed E-state index contributed by atoms with van der Waals surface area (Å²) < 4.78 is 0. The first-order valence-electron chi connectivity index (χ1n) is 7.64. The minimum Gasteiger partial charge on any atom is -0.337 e. The molecule has 1 saturated carbocycles. The van der Waals surface area contributed by atoms with Gasteiger partial charge in [0.2, 0.25) is 0 Å². The van der Waals surface area contributed by atoms with Crippen molar-refractivity contribution in [1.82, 2.24) is 14.9 Å². The summed E-state index contributed by atoms with van der Waals surface area (Å²) in [5.74, 6) is 1.15. The van der Waals surface area contributed by atoms with E-state index in [2.05, 4.69) is 9.97 Å². The Bertz CT molecular complexity index is 692. The zero-order valence-electron chi connectivity index (χ0n) is 12.6. The number of halogens is 1. The lowest BCUT2D eigenvalue weighted by Crippen LogP contribution is -2.33. The van der Waals surface area contributed by atoms with E-state index < -0.39 is 0 Å². The monoisotopic (exact) mass is 350 g/mol. The molecule has 2 aliphatic rings. The summed E-state index contributed by atoms with van der Waals surface area (Å²) in [6.45, 7) is 1.63. The molecule has 4 rings (SSSR count). The quantitative estimate of drug-likeness (QED) is 0.902. The third kappa shape index (κ3) is 2.98. The fourth-order valence-electron chi connectivity index (χ4n) is 3.61. The number of fused-ring (bicyclic) bond motifs is 1. The number of nitrogens with two attached hydrogens (primary N) is 1. The minimum absolute atomic E-state index is 0. The van der Waals surface area contributed by atoms with Crippen LogP contribution < -0.4 is 5.73 Å². The summed E-state index contributed by atoms with van der Waals surface area (Å²) in [5, 5.41) is 0.792. The zero-order valence-corrected chi connectivity index (χ0v) is 14.2. The highest BCUT2D eigenvalue weighted by Crippen LogP contribution is 2.38. The largest absolute Gasteiger partial charge is 0.337 e. The second-order valence-corrected chi connectivity index (χ2v) is 7.15. The van der Waals surface area contributed by atoms with Crippen LogP contribution in [0.5, 0.6) is 0 Å². The van der Waals surface area contributed by atoms with E-state index in [-0.39, 0.29) is 24.4 Å². The van der Waals surface area contributed by atoms with Crippen molar-refractivity contribution in [1.29, 1.82) is 0 Å². The molecule has 2 aromatic heterocycles. The Hall–Kier alpha value is -1.50. The summed E-state index contributed by atoms with van der Waals surface area (Å²) in [6.07, 6.45) is 5.66. The maximum Gasteiger partial charge on any atom is 0.265 e. The van der Waals surface area contributed by atoms with E-state index >= 15 is 0 Å². The fourth-order valence-corrected chi connectivity index (χ4v) is 4.47. The maximum absolute atomic E-state index is 12.7. The molecule has 0 radical (unpaired) electrons. The van der Waals surface area contributed by atoms with E-state index in [0.29, 0.717) is 16.7 Å². The molecule has 7 heteroatoms. The molecular weight excluding hydrogens is 332 g/mol. The van der Waals surface area contributed by atoms with Crippen LogP contribution >= 0.6 is 23.7 Å². The molecule has 1 aliphatic carbocycles. The molecule has 3 heterocycles. The van der Waals surface area contributed by atoms with Gasteiger partial charge in [-0.05, 0) is 36.8 Å². The molecule has 2 aromatic rings. The van der Waals surface area contributed by atoms with Crippen molar-refractivity contribution in [2.24, 2.45) is 17.6 Å². The zero-order chi connectivity index (χ0) is 15.1. The lowest BCUT2D eigenvalue weighted by molar-refractivity contribution is 0.0784. The average Bonchev–Trinajstić information content (AvgIpc) is 3.25. The molecule has 1 saturated heterocycles. The number of rotatable bonds is 2. The first-order chi connectivity index (χ1) is 10.7. The SMILES string of the molecule is Cl.NC1CCC2CN(C(=O)c3cnc(-c4ccccn4)s3)CC12. The van der Waals surface area contributed by atoms with Crippen molar-refractivity contribution in [3.8, 4) is 10.7 Å². The Labute approximate surface area is 145 Å². The predicted molar refractivity (Wildman–Crippen MR) is 92.7 cm³/mol. The van der Waals surface area contributed by atoms with Crippen LogP contribution in [0, 0.1) is 11.8 Å². The highest BCUT2D eigenvalue weighted by Gasteiger charge is 2.42. The van der Waals surface area contributed by atoms with Crippen molar-refractivity contribution in [2.45, 2.75) is 18.9 Å². The summed E-state index contributed by atoms with van der Waals surface area (Å²) in [5.41, 5.74) is 6.96. The molecule has 2 N–H and O–H groups in total. The van der Waals surface area contributed by atoms with Crippen molar-refractivity contribution < 1.29 is 4.79 Å². The molecule has 122 valence electrons. The molecule has 3 atom stereocenters. The molecule has 0 bridgehead atoms. The number of hydrogen-bond acceptors (Lipinski definition) is 5. The van der Waals surface area contributed by atoms with E-state index in [1.54, 1.807) is 12.4 Å². The van der Waals surface area contributed by atoms with E-state index in [1.165, 1.54) is 11.3 Å². The van der Waals surface area contributed by atoms with Gasteiger partial charge in [-0.2, -0.15) is 0 Å². The standard InChI is InChI=1S/C16H18N4OS.ClH/c17-12-5-4-10-8-20(9-11(10)12)16(21)14-7-19-15(22-14)13-3-1-2-6-18-13;/h1-3,6-7,10-12H,4-5,8-9,17H2;1H. The van der Waals surface area contributed by atoms with Crippen LogP contribution in [0.15, 0.2) is 30.6 Å². The number of carbonyl (C=O) groups is 1. The third-order valence-electron chi connectivity index (χ3n) is 4.80. The van der Waals surface area contributed by atoms with Gasteiger partial charge in [-0.25, -0.2) is 4.98 Å². The number of aromatic nitrogens is 2. The average molecular weight is 351 g/mol. The second kappa shape index (κ2) is 6.55.